The van der Waals surface area contributed by atoms with Gasteiger partial charge in [0.2, 0.25) is 5.91 Å². The first-order valence-electron chi connectivity index (χ1n) is 9.41. The fourth-order valence-electron chi connectivity index (χ4n) is 2.81. The molecule has 2 rings (SSSR count). The number of hydrogen-bond donors (Lipinski definition) is 3. The molecular formula is C22H30N4O. The summed E-state index contributed by atoms with van der Waals surface area (Å²) in [6.07, 6.45) is 2.06. The molecule has 2 aromatic carbocycles. The molecule has 1 amide bonds. The van der Waals surface area contributed by atoms with E-state index in [4.69, 9.17) is 5.73 Å². The van der Waals surface area contributed by atoms with Crippen LogP contribution in [-0.4, -0.2) is 25.5 Å². The molecule has 0 saturated carbocycles. The topological polar surface area (TPSA) is 79.5 Å². The molecule has 0 atom stereocenters. The Morgan fingerprint density at radius 3 is 2.44 bits per heavy atom. The molecule has 5 nitrogen and oxygen atoms in total. The highest BCUT2D eigenvalue weighted by molar-refractivity contribution is 5.92. The van der Waals surface area contributed by atoms with E-state index in [-0.39, 0.29) is 0 Å². The third-order valence-electron chi connectivity index (χ3n) is 4.48. The highest BCUT2D eigenvalue weighted by atomic mass is 16.1. The molecule has 4 N–H and O–H groups in total. The molecule has 0 heterocycles. The Morgan fingerprint density at radius 1 is 1.07 bits per heavy atom. The standard InChI is InChI=1S/C22H30N4O/c1-16(2)19-11-9-17(10-12-19)7-5-13-25-22(24-3)26-15-18-6-4-8-20(14-18)21(23)27/h4,6,8-12,14,16H,5,7,13,15H2,1-3H3,(H2,23,27)(H2,24,25,26). The first-order chi connectivity index (χ1) is 13.0. The lowest BCUT2D eigenvalue weighted by Gasteiger charge is -2.12. The van der Waals surface area contributed by atoms with Crippen LogP contribution < -0.4 is 16.4 Å². The molecule has 0 radical (unpaired) electrons. The molecule has 0 spiro atoms. The molecule has 5 heteroatoms. The molecule has 0 unspecified atom stereocenters. The fraction of sp³-hybridized carbons (Fsp3) is 0.364. The Hall–Kier alpha value is -2.82. The van der Waals surface area contributed by atoms with Gasteiger partial charge in [-0.1, -0.05) is 50.2 Å². The number of carbonyl (C=O) groups excluding carboxylic acids is 1. The maximum atomic E-state index is 11.3. The zero-order valence-electron chi connectivity index (χ0n) is 16.5. The Labute approximate surface area is 162 Å². The Bertz CT molecular complexity index is 766. The van der Waals surface area contributed by atoms with Crippen LogP contribution in [0.4, 0.5) is 0 Å². The molecule has 0 aliphatic carbocycles. The summed E-state index contributed by atoms with van der Waals surface area (Å²) in [4.78, 5) is 15.5. The van der Waals surface area contributed by atoms with E-state index in [2.05, 4.69) is 53.7 Å². The van der Waals surface area contributed by atoms with Crippen molar-refractivity contribution in [3.05, 3.63) is 70.8 Å². The van der Waals surface area contributed by atoms with Gasteiger partial charge in [-0.15, -0.1) is 0 Å². The van der Waals surface area contributed by atoms with Gasteiger partial charge in [-0.25, -0.2) is 0 Å². The van der Waals surface area contributed by atoms with Crippen molar-refractivity contribution in [2.75, 3.05) is 13.6 Å². The summed E-state index contributed by atoms with van der Waals surface area (Å²) in [5.74, 6) is 0.897. The third-order valence-corrected chi connectivity index (χ3v) is 4.48. The predicted octanol–water partition coefficient (Wildman–Crippen LogP) is 3.21. The van der Waals surface area contributed by atoms with Gasteiger partial charge in [0.05, 0.1) is 0 Å². The predicted molar refractivity (Wildman–Crippen MR) is 112 cm³/mol. The van der Waals surface area contributed by atoms with Gasteiger partial charge in [0.25, 0.3) is 0 Å². The number of amides is 1. The van der Waals surface area contributed by atoms with Crippen LogP contribution in [-0.2, 0) is 13.0 Å². The summed E-state index contributed by atoms with van der Waals surface area (Å²) in [7, 11) is 1.75. The zero-order valence-corrected chi connectivity index (χ0v) is 16.5. The van der Waals surface area contributed by atoms with E-state index in [0.29, 0.717) is 18.0 Å². The van der Waals surface area contributed by atoms with Gasteiger partial charge >= 0.3 is 0 Å². The minimum Gasteiger partial charge on any atom is -0.366 e. The van der Waals surface area contributed by atoms with Crippen molar-refractivity contribution in [2.45, 2.75) is 39.2 Å². The fourth-order valence-corrected chi connectivity index (χ4v) is 2.81. The van der Waals surface area contributed by atoms with Crippen LogP contribution in [0.1, 0.15) is 53.2 Å². The van der Waals surface area contributed by atoms with Crippen molar-refractivity contribution in [3.63, 3.8) is 0 Å². The lowest BCUT2D eigenvalue weighted by molar-refractivity contribution is 0.1000. The lowest BCUT2D eigenvalue weighted by Crippen LogP contribution is -2.37. The molecule has 0 saturated heterocycles. The van der Waals surface area contributed by atoms with Crippen molar-refractivity contribution in [1.29, 1.82) is 0 Å². The van der Waals surface area contributed by atoms with Crippen LogP contribution in [0.25, 0.3) is 0 Å². The van der Waals surface area contributed by atoms with Gasteiger partial charge in [-0.3, -0.25) is 9.79 Å². The van der Waals surface area contributed by atoms with Crippen LogP contribution in [0.15, 0.2) is 53.5 Å². The van der Waals surface area contributed by atoms with Gasteiger partial charge < -0.3 is 16.4 Å². The molecule has 27 heavy (non-hydrogen) atoms. The average molecular weight is 367 g/mol. The molecule has 0 aliphatic rings. The number of hydrogen-bond acceptors (Lipinski definition) is 2. The normalized spacial score (nSPS) is 11.5. The first-order valence-corrected chi connectivity index (χ1v) is 9.41. The molecule has 0 aliphatic heterocycles. The monoisotopic (exact) mass is 366 g/mol. The van der Waals surface area contributed by atoms with E-state index >= 15 is 0 Å². The van der Waals surface area contributed by atoms with Crippen LogP contribution in [0.3, 0.4) is 0 Å². The number of aliphatic imine (C=N–C) groups is 1. The maximum Gasteiger partial charge on any atom is 0.248 e. The van der Waals surface area contributed by atoms with Crippen molar-refractivity contribution in [2.24, 2.45) is 10.7 Å². The molecule has 2 aromatic rings. The van der Waals surface area contributed by atoms with Gasteiger partial charge in [0.15, 0.2) is 5.96 Å². The smallest absolute Gasteiger partial charge is 0.248 e. The molecule has 0 bridgehead atoms. The summed E-state index contributed by atoms with van der Waals surface area (Å²) in [6, 6.07) is 16.2. The number of nitrogens with zero attached hydrogens (tertiary/aromatic N) is 1. The summed E-state index contributed by atoms with van der Waals surface area (Å²) in [5.41, 5.74) is 9.55. The van der Waals surface area contributed by atoms with Crippen molar-refractivity contribution in [3.8, 4) is 0 Å². The second-order valence-electron chi connectivity index (χ2n) is 6.92. The van der Waals surface area contributed by atoms with Gasteiger partial charge in [0.1, 0.15) is 0 Å². The van der Waals surface area contributed by atoms with E-state index in [1.807, 2.05) is 12.1 Å². The Balaban J connectivity index is 1.74. The van der Waals surface area contributed by atoms with Crippen molar-refractivity contribution < 1.29 is 4.79 Å². The highest BCUT2D eigenvalue weighted by Crippen LogP contribution is 2.15. The average Bonchev–Trinajstić information content (AvgIpc) is 2.68. The number of aryl methyl sites for hydroxylation is 1. The van der Waals surface area contributed by atoms with Gasteiger partial charge in [-0.2, -0.15) is 0 Å². The third kappa shape index (κ3) is 6.77. The summed E-state index contributed by atoms with van der Waals surface area (Å²) >= 11 is 0. The maximum absolute atomic E-state index is 11.3. The summed E-state index contributed by atoms with van der Waals surface area (Å²) in [5, 5.41) is 6.58. The number of benzene rings is 2. The quantitative estimate of drug-likeness (QED) is 0.381. The summed E-state index contributed by atoms with van der Waals surface area (Å²) in [6.45, 7) is 5.84. The number of carbonyl (C=O) groups is 1. The SMILES string of the molecule is CN=C(NCCCc1ccc(C(C)C)cc1)NCc1cccc(C(N)=O)c1. The van der Waals surface area contributed by atoms with Crippen LogP contribution >= 0.6 is 0 Å². The van der Waals surface area contributed by atoms with Crippen LogP contribution in [0.5, 0.6) is 0 Å². The zero-order chi connectivity index (χ0) is 19.6. The van der Waals surface area contributed by atoms with Gasteiger partial charge in [-0.05, 0) is 47.6 Å². The number of guanidine groups is 1. The van der Waals surface area contributed by atoms with E-state index in [1.54, 1.807) is 19.2 Å². The number of primary amides is 1. The van der Waals surface area contributed by atoms with E-state index in [1.165, 1.54) is 11.1 Å². The van der Waals surface area contributed by atoms with E-state index < -0.39 is 5.91 Å². The van der Waals surface area contributed by atoms with Crippen molar-refractivity contribution >= 4 is 11.9 Å². The largest absolute Gasteiger partial charge is 0.366 e. The Morgan fingerprint density at radius 2 is 1.81 bits per heavy atom. The van der Waals surface area contributed by atoms with Crippen LogP contribution in [0, 0.1) is 0 Å². The molecule has 144 valence electrons. The molecule has 0 aromatic heterocycles. The van der Waals surface area contributed by atoms with E-state index in [0.717, 1.165) is 30.9 Å². The minimum absolute atomic E-state index is 0.416. The Kier molecular flexibility index (Phi) is 7.86. The summed E-state index contributed by atoms with van der Waals surface area (Å²) < 4.78 is 0. The molecule has 0 fully saturated rings. The van der Waals surface area contributed by atoms with Crippen LogP contribution in [0.2, 0.25) is 0 Å². The highest BCUT2D eigenvalue weighted by Gasteiger charge is 2.03. The second kappa shape index (κ2) is 10.4. The lowest BCUT2D eigenvalue weighted by atomic mass is 10.0. The molecular weight excluding hydrogens is 336 g/mol. The second-order valence-corrected chi connectivity index (χ2v) is 6.92. The van der Waals surface area contributed by atoms with Crippen molar-refractivity contribution in [1.82, 2.24) is 10.6 Å². The minimum atomic E-state index is -0.416. The van der Waals surface area contributed by atoms with Gasteiger partial charge in [0, 0.05) is 25.7 Å². The number of nitrogens with two attached hydrogens (primary N) is 1. The first kappa shape index (κ1) is 20.5. The number of rotatable bonds is 8. The van der Waals surface area contributed by atoms with E-state index in [9.17, 15) is 4.79 Å². The number of nitrogens with one attached hydrogen (secondary N) is 2.